The molecular formula is C22H19N3O2S. The molecule has 0 aliphatic rings. The number of nitrogens with one attached hydrogen (secondary N) is 1. The second kappa shape index (κ2) is 7.78. The van der Waals surface area contributed by atoms with Crippen molar-refractivity contribution in [2.45, 2.75) is 19.5 Å². The first-order valence-electron chi connectivity index (χ1n) is 9.01. The van der Waals surface area contributed by atoms with Crippen LogP contribution in [-0.2, 0) is 11.3 Å². The standard InChI is InChI=1S/C22H19N3O2S/c1-15(16-8-3-2-4-9-16)23-20(26)14-25-22(27)18-11-6-5-10-17(18)21(24-25)19-12-7-13-28-19/h2-13,15H,14H2,1H3,(H,23,26)/t15-/m0/s1. The maximum absolute atomic E-state index is 12.9. The van der Waals surface area contributed by atoms with Gasteiger partial charge in [-0.1, -0.05) is 54.6 Å². The largest absolute Gasteiger partial charge is 0.348 e. The number of carbonyl (C=O) groups excluding carboxylic acids is 1. The molecular weight excluding hydrogens is 370 g/mol. The molecule has 0 saturated heterocycles. The lowest BCUT2D eigenvalue weighted by Gasteiger charge is -2.15. The summed E-state index contributed by atoms with van der Waals surface area (Å²) in [6.45, 7) is 1.79. The quantitative estimate of drug-likeness (QED) is 0.561. The topological polar surface area (TPSA) is 64.0 Å². The zero-order chi connectivity index (χ0) is 19.5. The predicted octanol–water partition coefficient (Wildman–Crippen LogP) is 4.00. The molecule has 4 aromatic rings. The first-order chi connectivity index (χ1) is 13.6. The van der Waals surface area contributed by atoms with Crippen LogP contribution >= 0.6 is 11.3 Å². The van der Waals surface area contributed by atoms with E-state index < -0.39 is 0 Å². The van der Waals surface area contributed by atoms with Crippen LogP contribution in [0.4, 0.5) is 0 Å². The summed E-state index contributed by atoms with van der Waals surface area (Å²) in [6.07, 6.45) is 0. The van der Waals surface area contributed by atoms with Crippen LogP contribution in [0.3, 0.4) is 0 Å². The number of thiophene rings is 1. The fraction of sp³-hybridized carbons (Fsp3) is 0.136. The van der Waals surface area contributed by atoms with Crippen molar-refractivity contribution in [3.63, 3.8) is 0 Å². The predicted molar refractivity (Wildman–Crippen MR) is 112 cm³/mol. The number of nitrogens with zero attached hydrogens (tertiary/aromatic N) is 2. The van der Waals surface area contributed by atoms with Gasteiger partial charge in [-0.2, -0.15) is 5.10 Å². The second-order valence-corrected chi connectivity index (χ2v) is 7.48. The van der Waals surface area contributed by atoms with E-state index in [1.54, 1.807) is 17.4 Å². The Balaban J connectivity index is 1.66. The van der Waals surface area contributed by atoms with E-state index in [1.165, 1.54) is 4.68 Å². The molecule has 4 rings (SSSR count). The molecule has 6 heteroatoms. The van der Waals surface area contributed by atoms with Crippen LogP contribution in [0.15, 0.2) is 76.9 Å². The molecule has 0 bridgehead atoms. The average Bonchev–Trinajstić information content (AvgIpc) is 3.25. The zero-order valence-corrected chi connectivity index (χ0v) is 16.1. The van der Waals surface area contributed by atoms with Crippen molar-refractivity contribution in [3.8, 4) is 10.6 Å². The van der Waals surface area contributed by atoms with Crippen LogP contribution in [-0.4, -0.2) is 15.7 Å². The Hall–Kier alpha value is -3.25. The van der Waals surface area contributed by atoms with E-state index in [2.05, 4.69) is 10.4 Å². The minimum absolute atomic E-state index is 0.126. The van der Waals surface area contributed by atoms with Crippen LogP contribution in [0.1, 0.15) is 18.5 Å². The summed E-state index contributed by atoms with van der Waals surface area (Å²) in [5.74, 6) is -0.252. The third-order valence-electron chi connectivity index (χ3n) is 4.59. The first-order valence-corrected chi connectivity index (χ1v) is 9.89. The van der Waals surface area contributed by atoms with Crippen molar-refractivity contribution >= 4 is 28.0 Å². The molecule has 0 aliphatic carbocycles. The van der Waals surface area contributed by atoms with Crippen LogP contribution < -0.4 is 10.9 Å². The Labute approximate surface area is 166 Å². The molecule has 0 fully saturated rings. The summed E-state index contributed by atoms with van der Waals surface area (Å²) in [4.78, 5) is 26.4. The molecule has 2 heterocycles. The summed E-state index contributed by atoms with van der Waals surface area (Å²) in [6, 6.07) is 20.8. The number of benzene rings is 2. The minimum Gasteiger partial charge on any atom is -0.348 e. The number of rotatable bonds is 5. The number of fused-ring (bicyclic) bond motifs is 1. The Bertz CT molecular complexity index is 1170. The Morgan fingerprint density at radius 1 is 1.04 bits per heavy atom. The van der Waals surface area contributed by atoms with E-state index in [9.17, 15) is 9.59 Å². The van der Waals surface area contributed by atoms with Gasteiger partial charge in [-0.25, -0.2) is 4.68 Å². The normalized spacial score (nSPS) is 12.0. The maximum Gasteiger partial charge on any atom is 0.275 e. The summed E-state index contributed by atoms with van der Waals surface area (Å²) < 4.78 is 1.25. The van der Waals surface area contributed by atoms with Crippen molar-refractivity contribution in [1.29, 1.82) is 0 Å². The lowest BCUT2D eigenvalue weighted by molar-refractivity contribution is -0.122. The molecule has 5 nitrogen and oxygen atoms in total. The number of carbonyl (C=O) groups is 1. The van der Waals surface area contributed by atoms with Gasteiger partial charge in [0.1, 0.15) is 12.2 Å². The molecule has 1 amide bonds. The molecule has 0 unspecified atom stereocenters. The van der Waals surface area contributed by atoms with Crippen molar-refractivity contribution < 1.29 is 4.79 Å². The smallest absolute Gasteiger partial charge is 0.275 e. The van der Waals surface area contributed by atoms with Gasteiger partial charge in [0.2, 0.25) is 5.91 Å². The lowest BCUT2D eigenvalue weighted by atomic mass is 10.1. The number of amides is 1. The highest BCUT2D eigenvalue weighted by molar-refractivity contribution is 7.13. The van der Waals surface area contributed by atoms with Gasteiger partial charge < -0.3 is 5.32 Å². The highest BCUT2D eigenvalue weighted by Gasteiger charge is 2.16. The minimum atomic E-state index is -0.265. The zero-order valence-electron chi connectivity index (χ0n) is 15.3. The van der Waals surface area contributed by atoms with Gasteiger partial charge >= 0.3 is 0 Å². The molecule has 1 N–H and O–H groups in total. The maximum atomic E-state index is 12.9. The Kier molecular flexibility index (Phi) is 5.04. The van der Waals surface area contributed by atoms with Crippen molar-refractivity contribution in [2.24, 2.45) is 0 Å². The monoisotopic (exact) mass is 389 g/mol. The number of hydrogen-bond donors (Lipinski definition) is 1. The van der Waals surface area contributed by atoms with Gasteiger partial charge in [0.25, 0.3) is 5.56 Å². The van der Waals surface area contributed by atoms with Crippen LogP contribution in [0.2, 0.25) is 0 Å². The highest BCUT2D eigenvalue weighted by Crippen LogP contribution is 2.28. The van der Waals surface area contributed by atoms with Crippen molar-refractivity contribution in [2.75, 3.05) is 0 Å². The fourth-order valence-electron chi connectivity index (χ4n) is 3.19. The third kappa shape index (κ3) is 3.59. The van der Waals surface area contributed by atoms with Gasteiger partial charge in [0.05, 0.1) is 16.3 Å². The fourth-order valence-corrected chi connectivity index (χ4v) is 3.91. The average molecular weight is 389 g/mol. The molecule has 0 radical (unpaired) electrons. The van der Waals surface area contributed by atoms with Gasteiger partial charge in [-0.05, 0) is 30.0 Å². The van der Waals surface area contributed by atoms with Crippen LogP contribution in [0.25, 0.3) is 21.3 Å². The Morgan fingerprint density at radius 3 is 2.46 bits per heavy atom. The third-order valence-corrected chi connectivity index (χ3v) is 5.47. The van der Waals surface area contributed by atoms with E-state index in [4.69, 9.17) is 0 Å². The Morgan fingerprint density at radius 2 is 1.75 bits per heavy atom. The summed E-state index contributed by atoms with van der Waals surface area (Å²) in [5, 5.41) is 10.8. The van der Waals surface area contributed by atoms with E-state index >= 15 is 0 Å². The molecule has 0 saturated carbocycles. The first kappa shape index (κ1) is 18.1. The molecule has 2 aromatic heterocycles. The highest BCUT2D eigenvalue weighted by atomic mass is 32.1. The summed E-state index contributed by atoms with van der Waals surface area (Å²) >= 11 is 1.55. The second-order valence-electron chi connectivity index (χ2n) is 6.53. The summed E-state index contributed by atoms with van der Waals surface area (Å²) in [7, 11) is 0. The van der Waals surface area contributed by atoms with Crippen molar-refractivity contribution in [1.82, 2.24) is 15.1 Å². The van der Waals surface area contributed by atoms with Crippen LogP contribution in [0, 0.1) is 0 Å². The molecule has 140 valence electrons. The number of hydrogen-bond acceptors (Lipinski definition) is 4. The van der Waals surface area contributed by atoms with Crippen molar-refractivity contribution in [3.05, 3.63) is 88.0 Å². The molecule has 28 heavy (non-hydrogen) atoms. The van der Waals surface area contributed by atoms with E-state index in [1.807, 2.05) is 73.0 Å². The SMILES string of the molecule is C[C@H](NC(=O)Cn1nc(-c2cccs2)c2ccccc2c1=O)c1ccccc1. The van der Waals surface area contributed by atoms with E-state index in [0.29, 0.717) is 11.1 Å². The van der Waals surface area contributed by atoms with Gasteiger partial charge in [-0.3, -0.25) is 9.59 Å². The molecule has 1 atom stereocenters. The lowest BCUT2D eigenvalue weighted by Crippen LogP contribution is -2.35. The summed E-state index contributed by atoms with van der Waals surface area (Å²) in [5.41, 5.74) is 1.46. The van der Waals surface area contributed by atoms with E-state index in [0.717, 1.165) is 15.8 Å². The molecule has 2 aromatic carbocycles. The number of aromatic nitrogens is 2. The molecule has 0 aliphatic heterocycles. The van der Waals surface area contributed by atoms with E-state index in [-0.39, 0.29) is 24.1 Å². The van der Waals surface area contributed by atoms with Gasteiger partial charge in [-0.15, -0.1) is 11.3 Å². The van der Waals surface area contributed by atoms with Crippen LogP contribution in [0.5, 0.6) is 0 Å². The van der Waals surface area contributed by atoms with Gasteiger partial charge in [0.15, 0.2) is 0 Å². The molecule has 0 spiro atoms. The van der Waals surface area contributed by atoms with Gasteiger partial charge in [0, 0.05) is 5.39 Å².